The van der Waals surface area contributed by atoms with E-state index in [1.54, 1.807) is 12.1 Å². The van der Waals surface area contributed by atoms with Gasteiger partial charge in [-0.2, -0.15) is 0 Å². The maximum atomic E-state index is 12.5. The predicted molar refractivity (Wildman–Crippen MR) is 111 cm³/mol. The van der Waals surface area contributed by atoms with Gasteiger partial charge in [0.25, 0.3) is 5.69 Å². The van der Waals surface area contributed by atoms with E-state index in [-0.39, 0.29) is 34.9 Å². The van der Waals surface area contributed by atoms with Crippen molar-refractivity contribution in [1.29, 1.82) is 0 Å². The van der Waals surface area contributed by atoms with Crippen molar-refractivity contribution < 1.29 is 14.5 Å². The Labute approximate surface area is 178 Å². The Morgan fingerprint density at radius 2 is 1.96 bits per heavy atom. The molecule has 28 heavy (non-hydrogen) atoms. The number of fused-ring (bicyclic) bond motifs is 2. The first kappa shape index (κ1) is 21.3. The summed E-state index contributed by atoms with van der Waals surface area (Å²) in [6.45, 7) is 5.98. The summed E-state index contributed by atoms with van der Waals surface area (Å²) in [5.41, 5.74) is -0.0244. The monoisotopic (exact) mass is 473 g/mol. The smallest absolute Gasteiger partial charge is 0.410 e. The molecule has 1 amide bonds. The minimum absolute atomic E-state index is 0.0716. The van der Waals surface area contributed by atoms with Gasteiger partial charge in [-0.3, -0.25) is 10.1 Å². The average Bonchev–Trinajstić information content (AvgIpc) is 2.85. The molecule has 1 aromatic rings. The third-order valence-electron chi connectivity index (χ3n) is 5.25. The van der Waals surface area contributed by atoms with Crippen LogP contribution in [0.2, 0.25) is 5.02 Å². The number of carbonyl (C=O) groups excluding carboxylic acids is 1. The minimum atomic E-state index is -0.509. The fraction of sp³-hybridized carbons (Fsp3) is 0.632. The average molecular weight is 475 g/mol. The molecule has 2 bridgehead atoms. The molecule has 2 unspecified atom stereocenters. The summed E-state index contributed by atoms with van der Waals surface area (Å²) in [4.78, 5) is 25.4. The summed E-state index contributed by atoms with van der Waals surface area (Å²) in [5, 5.41) is 15.0. The summed E-state index contributed by atoms with van der Waals surface area (Å²) < 4.78 is 6.07. The Bertz CT molecular complexity index is 769. The number of nitro benzene ring substituents is 1. The number of hydrogen-bond acceptors (Lipinski definition) is 5. The topological polar surface area (TPSA) is 84.7 Å². The molecular formula is C19H25BrClN3O4. The van der Waals surface area contributed by atoms with Crippen LogP contribution in [-0.2, 0) is 11.3 Å². The molecule has 0 aliphatic carbocycles. The van der Waals surface area contributed by atoms with Crippen molar-refractivity contribution in [3.8, 4) is 0 Å². The molecule has 0 radical (unpaired) electrons. The van der Waals surface area contributed by atoms with Crippen LogP contribution in [0, 0.1) is 10.1 Å². The van der Waals surface area contributed by atoms with Crippen molar-refractivity contribution in [2.75, 3.05) is 0 Å². The van der Waals surface area contributed by atoms with Gasteiger partial charge in [0.2, 0.25) is 0 Å². The van der Waals surface area contributed by atoms with Crippen molar-refractivity contribution in [3.63, 3.8) is 0 Å². The molecule has 2 aliphatic rings. The number of carbonyl (C=O) groups is 1. The van der Waals surface area contributed by atoms with Gasteiger partial charge in [-0.25, -0.2) is 4.79 Å². The molecule has 9 heteroatoms. The normalized spacial score (nSPS) is 24.3. The summed E-state index contributed by atoms with van der Waals surface area (Å²) in [6, 6.07) is 3.93. The van der Waals surface area contributed by atoms with Crippen LogP contribution in [0.3, 0.4) is 0 Å². The number of amides is 1. The van der Waals surface area contributed by atoms with Gasteiger partial charge in [0.1, 0.15) is 10.6 Å². The molecular weight excluding hydrogens is 450 g/mol. The summed E-state index contributed by atoms with van der Waals surface area (Å²) in [5.74, 6) is 0. The van der Waals surface area contributed by atoms with Gasteiger partial charge in [0.15, 0.2) is 0 Å². The summed E-state index contributed by atoms with van der Waals surface area (Å²) in [7, 11) is 0. The van der Waals surface area contributed by atoms with Gasteiger partial charge in [-0.15, -0.1) is 0 Å². The van der Waals surface area contributed by atoms with Crippen molar-refractivity contribution in [1.82, 2.24) is 10.2 Å². The third-order valence-corrected chi connectivity index (χ3v) is 6.53. The molecule has 2 saturated heterocycles. The van der Waals surface area contributed by atoms with E-state index in [2.05, 4.69) is 21.2 Å². The number of nitro groups is 1. The van der Waals surface area contributed by atoms with Gasteiger partial charge in [0, 0.05) is 34.7 Å². The zero-order chi connectivity index (χ0) is 20.6. The molecule has 2 fully saturated rings. The van der Waals surface area contributed by atoms with Gasteiger partial charge in [-0.1, -0.05) is 11.6 Å². The van der Waals surface area contributed by atoms with E-state index in [0.717, 1.165) is 25.7 Å². The molecule has 2 heterocycles. The van der Waals surface area contributed by atoms with Crippen LogP contribution in [0.5, 0.6) is 0 Å². The molecule has 154 valence electrons. The standard InChI is InChI=1S/C19H25BrClN3O4/c1-19(2,3)28-18(25)23-13-5-6-14(23)9-12(8-13)22-10-11-4-7-15(20)16(21)17(11)24(26)27/h4,7,12-14,22H,5-6,8-10H2,1-3H3. The van der Waals surface area contributed by atoms with Crippen molar-refractivity contribution in [2.45, 2.75) is 76.7 Å². The number of piperidine rings is 1. The van der Waals surface area contributed by atoms with Gasteiger partial charge < -0.3 is 15.0 Å². The zero-order valence-electron chi connectivity index (χ0n) is 16.2. The maximum Gasteiger partial charge on any atom is 0.410 e. The lowest BCUT2D eigenvalue weighted by atomic mass is 9.97. The summed E-state index contributed by atoms with van der Waals surface area (Å²) >= 11 is 9.34. The minimum Gasteiger partial charge on any atom is -0.444 e. The molecule has 2 aliphatic heterocycles. The lowest BCUT2D eigenvalue weighted by Gasteiger charge is -2.39. The van der Waals surface area contributed by atoms with Crippen molar-refractivity contribution >= 4 is 39.3 Å². The highest BCUT2D eigenvalue weighted by Crippen LogP contribution is 2.38. The second-order valence-electron chi connectivity index (χ2n) is 8.45. The summed E-state index contributed by atoms with van der Waals surface area (Å²) in [6.07, 6.45) is 3.31. The molecule has 0 aromatic heterocycles. The second kappa shape index (κ2) is 8.16. The van der Waals surface area contributed by atoms with Crippen LogP contribution in [0.15, 0.2) is 16.6 Å². The first-order valence-corrected chi connectivity index (χ1v) is 10.6. The van der Waals surface area contributed by atoms with Crippen LogP contribution in [-0.4, -0.2) is 39.6 Å². The third kappa shape index (κ3) is 4.60. The number of halogens is 2. The molecule has 0 spiro atoms. The zero-order valence-corrected chi connectivity index (χ0v) is 18.5. The van der Waals surface area contributed by atoms with Gasteiger partial charge in [-0.05, 0) is 74.5 Å². The predicted octanol–water partition coefficient (Wildman–Crippen LogP) is 5.03. The Morgan fingerprint density at radius 3 is 2.50 bits per heavy atom. The first-order chi connectivity index (χ1) is 13.1. The number of benzene rings is 1. The second-order valence-corrected chi connectivity index (χ2v) is 9.68. The van der Waals surface area contributed by atoms with E-state index in [4.69, 9.17) is 16.3 Å². The Morgan fingerprint density at radius 1 is 1.36 bits per heavy atom. The lowest BCUT2D eigenvalue weighted by Crippen LogP contribution is -2.52. The highest BCUT2D eigenvalue weighted by atomic mass is 79.9. The van der Waals surface area contributed by atoms with E-state index in [1.807, 2.05) is 25.7 Å². The molecule has 7 nitrogen and oxygen atoms in total. The molecule has 2 atom stereocenters. The fourth-order valence-corrected chi connectivity index (χ4v) is 4.70. The van der Waals surface area contributed by atoms with E-state index >= 15 is 0 Å². The maximum absolute atomic E-state index is 12.5. The van der Waals surface area contributed by atoms with Crippen LogP contribution in [0.4, 0.5) is 10.5 Å². The quantitative estimate of drug-likeness (QED) is 0.488. The van der Waals surface area contributed by atoms with E-state index < -0.39 is 10.5 Å². The number of hydrogen-bond donors (Lipinski definition) is 1. The van der Waals surface area contributed by atoms with E-state index in [9.17, 15) is 14.9 Å². The molecule has 1 aromatic carbocycles. The molecule has 0 saturated carbocycles. The number of nitrogens with one attached hydrogen (secondary N) is 1. The first-order valence-electron chi connectivity index (χ1n) is 9.43. The van der Waals surface area contributed by atoms with Gasteiger partial charge in [0.05, 0.1) is 4.92 Å². The lowest BCUT2D eigenvalue weighted by molar-refractivity contribution is -0.385. The van der Waals surface area contributed by atoms with Gasteiger partial charge >= 0.3 is 6.09 Å². The Kier molecular flexibility index (Phi) is 6.22. The Balaban J connectivity index is 1.64. The number of ether oxygens (including phenoxy) is 1. The van der Waals surface area contributed by atoms with Crippen molar-refractivity contribution in [3.05, 3.63) is 37.3 Å². The van der Waals surface area contributed by atoms with Crippen LogP contribution in [0.25, 0.3) is 0 Å². The molecule has 3 rings (SSSR count). The highest BCUT2D eigenvalue weighted by molar-refractivity contribution is 9.10. The fourth-order valence-electron chi connectivity index (χ4n) is 4.13. The van der Waals surface area contributed by atoms with E-state index in [1.165, 1.54) is 0 Å². The van der Waals surface area contributed by atoms with Crippen LogP contribution < -0.4 is 5.32 Å². The van der Waals surface area contributed by atoms with E-state index in [0.29, 0.717) is 16.6 Å². The number of nitrogens with zero attached hydrogens (tertiary/aromatic N) is 2. The number of rotatable bonds is 4. The van der Waals surface area contributed by atoms with Crippen molar-refractivity contribution in [2.24, 2.45) is 0 Å². The Hall–Kier alpha value is -1.38. The highest BCUT2D eigenvalue weighted by Gasteiger charge is 2.44. The van der Waals surface area contributed by atoms with Crippen LogP contribution >= 0.6 is 27.5 Å². The SMILES string of the molecule is CC(C)(C)OC(=O)N1C2CCC1CC(NCc1ccc(Br)c(Cl)c1[N+](=O)[O-])C2. The van der Waals surface area contributed by atoms with Crippen LogP contribution in [0.1, 0.15) is 52.0 Å². The molecule has 1 N–H and O–H groups in total. The largest absolute Gasteiger partial charge is 0.444 e.